The fourth-order valence-electron chi connectivity index (χ4n) is 3.72. The largest absolute Gasteiger partial charge is 0.388 e. The maximum atomic E-state index is 10.9. The molecule has 2 heteroatoms. The summed E-state index contributed by atoms with van der Waals surface area (Å²) in [5.74, 6) is 0.777. The van der Waals surface area contributed by atoms with Gasteiger partial charge in [-0.15, -0.1) is 0 Å². The third-order valence-electron chi connectivity index (χ3n) is 5.01. The minimum Gasteiger partial charge on any atom is -0.388 e. The van der Waals surface area contributed by atoms with Gasteiger partial charge in [0.1, 0.15) is 0 Å². The lowest BCUT2D eigenvalue weighted by atomic mass is 9.59. The van der Waals surface area contributed by atoms with Gasteiger partial charge in [-0.2, -0.15) is 5.26 Å². The molecule has 1 aliphatic rings. The van der Waals surface area contributed by atoms with E-state index in [0.717, 1.165) is 44.4 Å². The molecule has 0 saturated heterocycles. The summed E-state index contributed by atoms with van der Waals surface area (Å²) in [5, 5.41) is 20.5. The molecule has 0 aliphatic heterocycles. The van der Waals surface area contributed by atoms with Crippen LogP contribution >= 0.6 is 0 Å². The predicted octanol–water partition coefficient (Wildman–Crippen LogP) is 4.43. The Bertz CT molecular complexity index is 286. The first kappa shape index (κ1) is 15.5. The van der Waals surface area contributed by atoms with Gasteiger partial charge in [-0.05, 0) is 44.4 Å². The highest BCUT2D eigenvalue weighted by Crippen LogP contribution is 2.50. The van der Waals surface area contributed by atoms with Gasteiger partial charge in [0.25, 0.3) is 0 Å². The van der Waals surface area contributed by atoms with E-state index in [1.165, 1.54) is 12.8 Å². The van der Waals surface area contributed by atoms with Gasteiger partial charge in [-0.25, -0.2) is 0 Å². The third-order valence-corrected chi connectivity index (χ3v) is 5.01. The van der Waals surface area contributed by atoms with Crippen LogP contribution in [0.3, 0.4) is 0 Å². The molecule has 0 radical (unpaired) electrons. The molecule has 104 valence electrons. The molecule has 1 saturated carbocycles. The van der Waals surface area contributed by atoms with Crippen LogP contribution in [0.1, 0.15) is 78.6 Å². The van der Waals surface area contributed by atoms with Crippen molar-refractivity contribution in [3.8, 4) is 6.07 Å². The molecule has 0 aromatic rings. The average Bonchev–Trinajstić information content (AvgIpc) is 2.40. The van der Waals surface area contributed by atoms with Crippen molar-refractivity contribution < 1.29 is 5.11 Å². The van der Waals surface area contributed by atoms with Crippen LogP contribution in [0.25, 0.3) is 0 Å². The highest BCUT2D eigenvalue weighted by atomic mass is 16.3. The number of nitrogens with zero attached hydrogens (tertiary/aromatic N) is 1. The SMILES string of the molecule is CCCC1CCC(C#N)(C(O)(CC)CCC)CC1. The van der Waals surface area contributed by atoms with Crippen LogP contribution in [0.2, 0.25) is 0 Å². The van der Waals surface area contributed by atoms with Crippen LogP contribution in [0.5, 0.6) is 0 Å². The molecule has 2 nitrogen and oxygen atoms in total. The molecule has 0 bridgehead atoms. The zero-order valence-corrected chi connectivity index (χ0v) is 12.3. The summed E-state index contributed by atoms with van der Waals surface area (Å²) in [4.78, 5) is 0. The van der Waals surface area contributed by atoms with Gasteiger partial charge in [0.05, 0.1) is 17.1 Å². The number of nitriles is 1. The zero-order valence-electron chi connectivity index (χ0n) is 12.3. The maximum Gasteiger partial charge on any atom is 0.0860 e. The lowest BCUT2D eigenvalue weighted by Crippen LogP contribution is -2.49. The molecule has 0 aromatic carbocycles. The van der Waals surface area contributed by atoms with Gasteiger partial charge >= 0.3 is 0 Å². The summed E-state index contributed by atoms with van der Waals surface area (Å²) in [6.45, 7) is 6.34. The van der Waals surface area contributed by atoms with E-state index in [1.54, 1.807) is 0 Å². The molecule has 1 rings (SSSR count). The van der Waals surface area contributed by atoms with Crippen LogP contribution in [0, 0.1) is 22.7 Å². The molecule has 1 atom stereocenters. The molecule has 18 heavy (non-hydrogen) atoms. The van der Waals surface area contributed by atoms with E-state index in [9.17, 15) is 10.4 Å². The van der Waals surface area contributed by atoms with Gasteiger partial charge in [0.15, 0.2) is 0 Å². The summed E-state index contributed by atoms with van der Waals surface area (Å²) < 4.78 is 0. The van der Waals surface area contributed by atoms with Gasteiger partial charge < -0.3 is 5.11 Å². The highest BCUT2D eigenvalue weighted by molar-refractivity contribution is 5.12. The average molecular weight is 251 g/mol. The number of rotatable bonds is 6. The Morgan fingerprint density at radius 3 is 2.22 bits per heavy atom. The van der Waals surface area contributed by atoms with E-state index in [2.05, 4.69) is 19.9 Å². The zero-order chi connectivity index (χ0) is 13.6. The monoisotopic (exact) mass is 251 g/mol. The van der Waals surface area contributed by atoms with E-state index in [1.807, 2.05) is 6.92 Å². The molecule has 1 aliphatic carbocycles. The lowest BCUT2D eigenvalue weighted by molar-refractivity contribution is -0.0875. The minimum atomic E-state index is -0.770. The fourth-order valence-corrected chi connectivity index (χ4v) is 3.72. The first-order valence-corrected chi connectivity index (χ1v) is 7.71. The molecule has 0 aromatic heterocycles. The van der Waals surface area contributed by atoms with E-state index < -0.39 is 11.0 Å². The van der Waals surface area contributed by atoms with Crippen molar-refractivity contribution in [1.82, 2.24) is 0 Å². The van der Waals surface area contributed by atoms with Crippen LogP contribution < -0.4 is 0 Å². The Morgan fingerprint density at radius 2 is 1.83 bits per heavy atom. The summed E-state index contributed by atoms with van der Waals surface area (Å²) in [6.07, 6.45) is 8.93. The summed E-state index contributed by atoms with van der Waals surface area (Å²) in [6, 6.07) is 2.51. The highest BCUT2D eigenvalue weighted by Gasteiger charge is 2.50. The molecule has 1 N–H and O–H groups in total. The quantitative estimate of drug-likeness (QED) is 0.759. The Hall–Kier alpha value is -0.550. The molecular weight excluding hydrogens is 222 g/mol. The molecule has 0 amide bonds. The second kappa shape index (κ2) is 6.57. The standard InChI is InChI=1S/C16H29NO/c1-4-7-14-8-11-15(13-17,12-9-14)16(18,6-3)10-5-2/h14,18H,4-12H2,1-3H3. The van der Waals surface area contributed by atoms with Crippen LogP contribution in [0.4, 0.5) is 0 Å². The van der Waals surface area contributed by atoms with E-state index >= 15 is 0 Å². The summed E-state index contributed by atoms with van der Waals surface area (Å²) >= 11 is 0. The predicted molar refractivity (Wildman–Crippen MR) is 75.1 cm³/mol. The molecule has 0 spiro atoms. The number of aliphatic hydroxyl groups is 1. The van der Waals surface area contributed by atoms with Crippen molar-refractivity contribution in [2.24, 2.45) is 11.3 Å². The van der Waals surface area contributed by atoms with Crippen LogP contribution in [-0.4, -0.2) is 10.7 Å². The Balaban J connectivity index is 2.79. The first-order valence-electron chi connectivity index (χ1n) is 7.71. The van der Waals surface area contributed by atoms with Crippen molar-refractivity contribution in [2.45, 2.75) is 84.2 Å². The minimum absolute atomic E-state index is 0.484. The normalized spacial score (nSPS) is 31.6. The van der Waals surface area contributed by atoms with Crippen molar-refractivity contribution in [3.63, 3.8) is 0 Å². The Kier molecular flexibility index (Phi) is 5.66. The summed E-state index contributed by atoms with van der Waals surface area (Å²) in [7, 11) is 0. The van der Waals surface area contributed by atoms with E-state index in [0.29, 0.717) is 6.42 Å². The van der Waals surface area contributed by atoms with Crippen molar-refractivity contribution in [1.29, 1.82) is 5.26 Å². The second-order valence-electron chi connectivity index (χ2n) is 6.06. The van der Waals surface area contributed by atoms with Gasteiger partial charge in [-0.3, -0.25) is 0 Å². The smallest absolute Gasteiger partial charge is 0.0860 e. The Labute approximate surface area is 112 Å². The van der Waals surface area contributed by atoms with Crippen LogP contribution in [-0.2, 0) is 0 Å². The van der Waals surface area contributed by atoms with E-state index in [4.69, 9.17) is 0 Å². The Morgan fingerprint density at radius 1 is 1.22 bits per heavy atom. The fraction of sp³-hybridized carbons (Fsp3) is 0.938. The van der Waals surface area contributed by atoms with Crippen molar-refractivity contribution in [2.75, 3.05) is 0 Å². The number of hydrogen-bond donors (Lipinski definition) is 1. The molecule has 1 unspecified atom stereocenters. The molecule has 1 fully saturated rings. The first-order chi connectivity index (χ1) is 8.57. The maximum absolute atomic E-state index is 10.9. The second-order valence-corrected chi connectivity index (χ2v) is 6.06. The van der Waals surface area contributed by atoms with Crippen molar-refractivity contribution >= 4 is 0 Å². The molecule has 0 heterocycles. The van der Waals surface area contributed by atoms with Crippen molar-refractivity contribution in [3.05, 3.63) is 0 Å². The third kappa shape index (κ3) is 2.88. The number of hydrogen-bond acceptors (Lipinski definition) is 2. The van der Waals surface area contributed by atoms with Crippen LogP contribution in [0.15, 0.2) is 0 Å². The summed E-state index contributed by atoms with van der Waals surface area (Å²) in [5.41, 5.74) is -1.25. The van der Waals surface area contributed by atoms with Gasteiger partial charge in [0.2, 0.25) is 0 Å². The topological polar surface area (TPSA) is 44.0 Å². The van der Waals surface area contributed by atoms with Gasteiger partial charge in [-0.1, -0.05) is 40.0 Å². The van der Waals surface area contributed by atoms with E-state index in [-0.39, 0.29) is 0 Å². The lowest BCUT2D eigenvalue weighted by Gasteiger charge is -2.46. The molecular formula is C16H29NO. The van der Waals surface area contributed by atoms with Gasteiger partial charge in [0, 0.05) is 0 Å².